The summed E-state index contributed by atoms with van der Waals surface area (Å²) in [5, 5.41) is 13.3. The molecule has 10 nitrogen and oxygen atoms in total. The van der Waals surface area contributed by atoms with E-state index in [9.17, 15) is 19.6 Å². The molecule has 1 aromatic heterocycles. The Morgan fingerprint density at radius 3 is 2.47 bits per heavy atom. The molecule has 45 heavy (non-hydrogen) atoms. The van der Waals surface area contributed by atoms with E-state index in [1.54, 1.807) is 58.3 Å². The largest absolute Gasteiger partial charge is 0.490 e. The van der Waals surface area contributed by atoms with E-state index in [1.165, 1.54) is 18.2 Å². The lowest BCUT2D eigenvalue weighted by Gasteiger charge is -2.40. The first-order valence-electron chi connectivity index (χ1n) is 14.4. The SMILES string of the molecule is Cc1c2c(cc(Cl)c1-c1ccc(F)c3sc(NC(=O)OC(C)(C)C)c(C#N)c13)C(=O)N1CCN(C(=O)OC(C)(C)C)C[C@@H]1CO2. The van der Waals surface area contributed by atoms with Crippen molar-refractivity contribution in [1.29, 1.82) is 5.26 Å². The second-order valence-electron chi connectivity index (χ2n) is 13.0. The summed E-state index contributed by atoms with van der Waals surface area (Å²) in [7, 11) is 0. The Labute approximate surface area is 269 Å². The maximum atomic E-state index is 15.2. The number of halogens is 2. The molecule has 0 bridgehead atoms. The van der Waals surface area contributed by atoms with Gasteiger partial charge in [-0.2, -0.15) is 5.26 Å². The van der Waals surface area contributed by atoms with Gasteiger partial charge in [-0.1, -0.05) is 17.7 Å². The number of rotatable bonds is 2. The van der Waals surface area contributed by atoms with Crippen molar-refractivity contribution in [2.75, 3.05) is 31.6 Å². The molecule has 1 saturated heterocycles. The van der Waals surface area contributed by atoms with Gasteiger partial charge < -0.3 is 24.0 Å². The zero-order chi connectivity index (χ0) is 33.0. The summed E-state index contributed by atoms with van der Waals surface area (Å²) < 4.78 is 32.4. The summed E-state index contributed by atoms with van der Waals surface area (Å²) >= 11 is 7.78. The van der Waals surface area contributed by atoms with Crippen LogP contribution in [0.1, 0.15) is 63.0 Å². The van der Waals surface area contributed by atoms with Gasteiger partial charge in [-0.15, -0.1) is 11.3 Å². The third kappa shape index (κ3) is 6.37. The molecule has 0 unspecified atom stereocenters. The third-order valence-corrected chi connectivity index (χ3v) is 8.71. The van der Waals surface area contributed by atoms with Gasteiger partial charge in [0, 0.05) is 41.2 Å². The summed E-state index contributed by atoms with van der Waals surface area (Å²) in [5.41, 5.74) is 0.312. The number of carbonyl (C=O) groups excluding carboxylic acids is 3. The van der Waals surface area contributed by atoms with Crippen molar-refractivity contribution >= 4 is 56.1 Å². The fourth-order valence-corrected chi connectivity index (χ4v) is 6.92. The van der Waals surface area contributed by atoms with Crippen molar-refractivity contribution < 1.29 is 33.0 Å². The van der Waals surface area contributed by atoms with Crippen LogP contribution in [0.5, 0.6) is 5.75 Å². The van der Waals surface area contributed by atoms with Crippen LogP contribution in [0.25, 0.3) is 21.2 Å². The minimum Gasteiger partial charge on any atom is -0.490 e. The van der Waals surface area contributed by atoms with E-state index in [0.717, 1.165) is 11.3 Å². The average Bonchev–Trinajstić information content (AvgIpc) is 3.22. The minimum atomic E-state index is -0.782. The number of ether oxygens (including phenoxy) is 3. The van der Waals surface area contributed by atoms with Gasteiger partial charge in [-0.3, -0.25) is 10.1 Å². The van der Waals surface area contributed by atoms with Crippen molar-refractivity contribution in [3.05, 3.63) is 45.7 Å². The van der Waals surface area contributed by atoms with E-state index >= 15 is 4.39 Å². The lowest BCUT2D eigenvalue weighted by atomic mass is 9.93. The highest BCUT2D eigenvalue weighted by molar-refractivity contribution is 7.23. The lowest BCUT2D eigenvalue weighted by Crippen LogP contribution is -2.58. The molecule has 238 valence electrons. The molecule has 3 heterocycles. The Hall–Kier alpha value is -4.08. The highest BCUT2D eigenvalue weighted by Gasteiger charge is 2.39. The number of thiophene rings is 1. The van der Waals surface area contributed by atoms with Crippen LogP contribution in [0.4, 0.5) is 19.0 Å². The van der Waals surface area contributed by atoms with Crippen molar-refractivity contribution in [3.63, 3.8) is 0 Å². The number of amides is 3. The normalized spacial score (nSPS) is 16.7. The molecule has 2 aromatic carbocycles. The van der Waals surface area contributed by atoms with Crippen molar-refractivity contribution in [3.8, 4) is 22.9 Å². The minimum absolute atomic E-state index is 0.0529. The fraction of sp³-hybridized carbons (Fsp3) is 0.438. The first-order valence-corrected chi connectivity index (χ1v) is 15.6. The predicted octanol–water partition coefficient (Wildman–Crippen LogP) is 7.34. The van der Waals surface area contributed by atoms with Gasteiger partial charge in [-0.05, 0) is 66.2 Å². The standard InChI is InChI=1S/C32H34ClFN4O6S/c1-16-23(18-8-9-22(34)26-24(18)20(13-35)27(45-26)36-29(40)43-31(2,3)4)21(33)12-19-25(16)42-15-17-14-37(10-11-38(17)28(19)39)30(41)44-32(5,6)7/h8-9,12,17H,10-11,14-15H2,1-7H3,(H,36,40)/t17-/m1/s1. The van der Waals surface area contributed by atoms with Crippen LogP contribution < -0.4 is 10.1 Å². The topological polar surface area (TPSA) is 121 Å². The number of nitrogens with zero attached hydrogens (tertiary/aromatic N) is 3. The zero-order valence-corrected chi connectivity index (χ0v) is 27.7. The molecule has 5 rings (SSSR count). The van der Waals surface area contributed by atoms with E-state index in [4.69, 9.17) is 25.8 Å². The molecular formula is C32H34ClFN4O6S. The van der Waals surface area contributed by atoms with Gasteiger partial charge in [0.1, 0.15) is 40.4 Å². The molecule has 3 amide bonds. The van der Waals surface area contributed by atoms with Gasteiger partial charge in [0.2, 0.25) is 0 Å². The maximum absolute atomic E-state index is 15.2. The van der Waals surface area contributed by atoms with Gasteiger partial charge in [0.25, 0.3) is 5.91 Å². The molecule has 3 aromatic rings. The molecule has 13 heteroatoms. The molecule has 0 spiro atoms. The Kier molecular flexibility index (Phi) is 8.40. The maximum Gasteiger partial charge on any atom is 0.412 e. The van der Waals surface area contributed by atoms with Crippen LogP contribution in [0.3, 0.4) is 0 Å². The van der Waals surface area contributed by atoms with Crippen LogP contribution in [0, 0.1) is 24.1 Å². The predicted molar refractivity (Wildman–Crippen MR) is 170 cm³/mol. The van der Waals surface area contributed by atoms with Crippen LogP contribution >= 0.6 is 22.9 Å². The van der Waals surface area contributed by atoms with E-state index in [2.05, 4.69) is 11.4 Å². The molecule has 1 N–H and O–H groups in total. The number of fused-ring (bicyclic) bond motifs is 3. The van der Waals surface area contributed by atoms with Crippen molar-refractivity contribution in [2.24, 2.45) is 0 Å². The first-order chi connectivity index (χ1) is 21.0. The zero-order valence-electron chi connectivity index (χ0n) is 26.1. The van der Waals surface area contributed by atoms with Crippen LogP contribution in [-0.4, -0.2) is 71.4 Å². The Morgan fingerprint density at radius 1 is 1.13 bits per heavy atom. The van der Waals surface area contributed by atoms with Crippen molar-refractivity contribution in [2.45, 2.75) is 65.7 Å². The quantitative estimate of drug-likeness (QED) is 0.306. The average molecular weight is 657 g/mol. The molecule has 1 fully saturated rings. The van der Waals surface area contributed by atoms with Gasteiger partial charge >= 0.3 is 12.2 Å². The first kappa shape index (κ1) is 32.3. The summed E-state index contributed by atoms with van der Waals surface area (Å²) in [5.74, 6) is -0.543. The number of piperazine rings is 1. The summed E-state index contributed by atoms with van der Waals surface area (Å²) in [6.45, 7) is 13.2. The van der Waals surface area contributed by atoms with E-state index in [0.29, 0.717) is 29.0 Å². The van der Waals surface area contributed by atoms with Crippen molar-refractivity contribution in [1.82, 2.24) is 9.80 Å². The van der Waals surface area contributed by atoms with Crippen LogP contribution in [0.15, 0.2) is 18.2 Å². The molecular weight excluding hydrogens is 623 g/mol. The number of anilines is 1. The number of benzene rings is 2. The molecule has 2 aliphatic rings. The fourth-order valence-electron chi connectivity index (χ4n) is 5.50. The number of nitriles is 1. The number of nitrogens with one attached hydrogen (secondary N) is 1. The summed E-state index contributed by atoms with van der Waals surface area (Å²) in [6, 6.07) is 5.99. The Bertz CT molecular complexity index is 1770. The molecule has 2 aliphatic heterocycles. The molecule has 0 saturated carbocycles. The highest BCUT2D eigenvalue weighted by atomic mass is 35.5. The van der Waals surface area contributed by atoms with Crippen LogP contribution in [-0.2, 0) is 9.47 Å². The summed E-state index contributed by atoms with van der Waals surface area (Å²) in [4.78, 5) is 42.3. The van der Waals surface area contributed by atoms with Gasteiger partial charge in [0.05, 0.1) is 21.9 Å². The second kappa shape index (κ2) is 11.7. The van der Waals surface area contributed by atoms with E-state index in [1.807, 2.05) is 0 Å². The smallest absolute Gasteiger partial charge is 0.412 e. The lowest BCUT2D eigenvalue weighted by molar-refractivity contribution is 0.000929. The molecule has 1 atom stereocenters. The van der Waals surface area contributed by atoms with Crippen LogP contribution in [0.2, 0.25) is 5.02 Å². The van der Waals surface area contributed by atoms with Gasteiger partial charge in [0.15, 0.2) is 0 Å². The van der Waals surface area contributed by atoms with Gasteiger partial charge in [-0.25, -0.2) is 14.0 Å². The Balaban J connectivity index is 1.54. The third-order valence-electron chi connectivity index (χ3n) is 7.30. The Morgan fingerprint density at radius 2 is 1.82 bits per heavy atom. The highest BCUT2D eigenvalue weighted by Crippen LogP contribution is 2.47. The van der Waals surface area contributed by atoms with E-state index < -0.39 is 35.2 Å². The monoisotopic (exact) mass is 656 g/mol. The number of carbonyl (C=O) groups is 3. The molecule has 0 radical (unpaired) electrons. The number of hydrogen-bond acceptors (Lipinski definition) is 8. The second-order valence-corrected chi connectivity index (χ2v) is 14.4. The summed E-state index contributed by atoms with van der Waals surface area (Å²) in [6.07, 6.45) is -1.23. The van der Waals surface area contributed by atoms with E-state index in [-0.39, 0.29) is 56.8 Å². The number of hydrogen-bond donors (Lipinski definition) is 1. The molecule has 0 aliphatic carbocycles.